The van der Waals surface area contributed by atoms with Crippen molar-refractivity contribution in [2.45, 2.75) is 13.5 Å². The molecule has 1 rings (SSSR count). The fourth-order valence-corrected chi connectivity index (χ4v) is 0.863. The predicted molar refractivity (Wildman–Crippen MR) is 42.4 cm³/mol. The molecule has 0 N–H and O–H groups in total. The van der Waals surface area contributed by atoms with Crippen LogP contribution in [-0.4, -0.2) is 15.8 Å². The van der Waals surface area contributed by atoms with Crippen LogP contribution in [0.1, 0.15) is 17.5 Å². The minimum atomic E-state index is 0.452. The van der Waals surface area contributed by atoms with Crippen LogP contribution >= 0.6 is 0 Å². The van der Waals surface area contributed by atoms with Gasteiger partial charge in [0, 0.05) is 18.9 Å². The monoisotopic (exact) mass is 150 g/mol. The van der Waals surface area contributed by atoms with Crippen molar-refractivity contribution in [2.24, 2.45) is 0 Å². The van der Waals surface area contributed by atoms with E-state index >= 15 is 0 Å². The summed E-state index contributed by atoms with van der Waals surface area (Å²) >= 11 is 0. The van der Waals surface area contributed by atoms with Crippen LogP contribution in [0, 0.1) is 0 Å². The van der Waals surface area contributed by atoms with Gasteiger partial charge in [0.05, 0.1) is 0 Å². The zero-order valence-corrected chi connectivity index (χ0v) is 6.45. The Morgan fingerprint density at radius 1 is 1.91 bits per heavy atom. The van der Waals surface area contributed by atoms with Gasteiger partial charge in [0.25, 0.3) is 0 Å². The van der Waals surface area contributed by atoms with Gasteiger partial charge in [0.15, 0.2) is 12.1 Å². The summed E-state index contributed by atoms with van der Waals surface area (Å²) in [6.45, 7) is 6.31. The Hall–Kier alpha value is -1.38. The molecule has 0 bridgehead atoms. The molecule has 11 heavy (non-hydrogen) atoms. The number of carbonyl (C=O) groups excluding carboxylic acids is 1. The molecular weight excluding hydrogens is 140 g/mol. The molecular formula is C8H10N2O. The van der Waals surface area contributed by atoms with Gasteiger partial charge in [0.2, 0.25) is 0 Å². The van der Waals surface area contributed by atoms with Crippen LogP contribution in [0.3, 0.4) is 0 Å². The van der Waals surface area contributed by atoms with Gasteiger partial charge < -0.3 is 4.57 Å². The maximum atomic E-state index is 10.4. The Morgan fingerprint density at radius 3 is 3.18 bits per heavy atom. The lowest BCUT2D eigenvalue weighted by Gasteiger charge is -2.01. The van der Waals surface area contributed by atoms with E-state index in [1.54, 1.807) is 17.0 Å². The molecule has 3 heteroatoms. The number of allylic oxidation sites excluding steroid dienone is 1. The van der Waals surface area contributed by atoms with Gasteiger partial charge >= 0.3 is 0 Å². The first-order valence-electron chi connectivity index (χ1n) is 3.34. The summed E-state index contributed by atoms with van der Waals surface area (Å²) in [5.74, 6) is 0.452. The average molecular weight is 150 g/mol. The van der Waals surface area contributed by atoms with Gasteiger partial charge in [-0.1, -0.05) is 12.2 Å². The molecule has 0 atom stereocenters. The van der Waals surface area contributed by atoms with Crippen LogP contribution in [0.25, 0.3) is 0 Å². The van der Waals surface area contributed by atoms with Crippen molar-refractivity contribution in [3.63, 3.8) is 0 Å². The van der Waals surface area contributed by atoms with Gasteiger partial charge in [0.1, 0.15) is 0 Å². The molecule has 58 valence electrons. The second kappa shape index (κ2) is 3.14. The highest BCUT2D eigenvalue weighted by Crippen LogP contribution is 1.98. The molecule has 1 heterocycles. The molecule has 0 aliphatic heterocycles. The quantitative estimate of drug-likeness (QED) is 0.480. The van der Waals surface area contributed by atoms with E-state index in [0.29, 0.717) is 12.4 Å². The molecule has 0 aliphatic rings. The number of hydrogen-bond acceptors (Lipinski definition) is 2. The van der Waals surface area contributed by atoms with Gasteiger partial charge in [-0.15, -0.1) is 0 Å². The van der Waals surface area contributed by atoms with Crippen molar-refractivity contribution >= 4 is 6.29 Å². The molecule has 0 saturated carbocycles. The van der Waals surface area contributed by atoms with E-state index in [9.17, 15) is 4.79 Å². The molecule has 0 spiro atoms. The minimum absolute atomic E-state index is 0.452. The highest BCUT2D eigenvalue weighted by Gasteiger charge is 1.98. The molecule has 0 fully saturated rings. The SMILES string of the molecule is C=C(C)Cn1ccnc1C=O. The highest BCUT2D eigenvalue weighted by atomic mass is 16.1. The van der Waals surface area contributed by atoms with E-state index in [4.69, 9.17) is 0 Å². The van der Waals surface area contributed by atoms with Gasteiger partial charge in [-0.05, 0) is 6.92 Å². The van der Waals surface area contributed by atoms with Crippen molar-refractivity contribution in [1.82, 2.24) is 9.55 Å². The second-order valence-corrected chi connectivity index (χ2v) is 2.49. The van der Waals surface area contributed by atoms with Crippen LogP contribution in [0.15, 0.2) is 24.5 Å². The maximum Gasteiger partial charge on any atom is 0.185 e. The van der Waals surface area contributed by atoms with Crippen LogP contribution in [-0.2, 0) is 6.54 Å². The summed E-state index contributed by atoms with van der Waals surface area (Å²) in [6.07, 6.45) is 4.11. The summed E-state index contributed by atoms with van der Waals surface area (Å²) in [5, 5.41) is 0. The molecule has 0 aromatic carbocycles. The zero-order valence-electron chi connectivity index (χ0n) is 6.45. The molecule has 0 unspecified atom stereocenters. The van der Waals surface area contributed by atoms with Crippen molar-refractivity contribution in [3.05, 3.63) is 30.4 Å². The first kappa shape index (κ1) is 7.72. The topological polar surface area (TPSA) is 34.9 Å². The third kappa shape index (κ3) is 1.77. The summed E-state index contributed by atoms with van der Waals surface area (Å²) in [4.78, 5) is 14.2. The Balaban J connectivity index is 2.84. The van der Waals surface area contributed by atoms with E-state index < -0.39 is 0 Å². The lowest BCUT2D eigenvalue weighted by atomic mass is 10.3. The van der Waals surface area contributed by atoms with E-state index in [1.165, 1.54) is 0 Å². The van der Waals surface area contributed by atoms with Crippen LogP contribution in [0.4, 0.5) is 0 Å². The molecule has 1 aromatic heterocycles. The van der Waals surface area contributed by atoms with Gasteiger partial charge in [-0.3, -0.25) is 4.79 Å². The molecule has 0 aliphatic carbocycles. The largest absolute Gasteiger partial charge is 0.325 e. The number of rotatable bonds is 3. The summed E-state index contributed by atoms with van der Waals surface area (Å²) < 4.78 is 1.76. The maximum absolute atomic E-state index is 10.4. The zero-order chi connectivity index (χ0) is 8.27. The predicted octanol–water partition coefficient (Wildman–Crippen LogP) is 1.27. The molecule has 0 saturated heterocycles. The molecule has 3 nitrogen and oxygen atoms in total. The number of aromatic nitrogens is 2. The van der Waals surface area contributed by atoms with Crippen molar-refractivity contribution in [3.8, 4) is 0 Å². The van der Waals surface area contributed by atoms with E-state index in [0.717, 1.165) is 11.9 Å². The van der Waals surface area contributed by atoms with Crippen molar-refractivity contribution in [2.75, 3.05) is 0 Å². The normalized spacial score (nSPS) is 9.55. The minimum Gasteiger partial charge on any atom is -0.325 e. The Labute approximate surface area is 65.4 Å². The Morgan fingerprint density at radius 2 is 2.64 bits per heavy atom. The molecule has 0 amide bonds. The van der Waals surface area contributed by atoms with Gasteiger partial charge in [-0.2, -0.15) is 0 Å². The lowest BCUT2D eigenvalue weighted by molar-refractivity contribution is 0.111. The molecule has 0 radical (unpaired) electrons. The van der Waals surface area contributed by atoms with E-state index in [1.807, 2.05) is 6.92 Å². The number of aldehydes is 1. The van der Waals surface area contributed by atoms with Gasteiger partial charge in [-0.25, -0.2) is 4.98 Å². The third-order valence-electron chi connectivity index (χ3n) is 1.29. The van der Waals surface area contributed by atoms with Crippen molar-refractivity contribution in [1.29, 1.82) is 0 Å². The fourth-order valence-electron chi connectivity index (χ4n) is 0.863. The summed E-state index contributed by atoms with van der Waals surface area (Å²) in [5.41, 5.74) is 1.01. The first-order chi connectivity index (χ1) is 5.24. The van der Waals surface area contributed by atoms with E-state index in [2.05, 4.69) is 11.6 Å². The average Bonchev–Trinajstić information content (AvgIpc) is 2.34. The number of imidazole rings is 1. The summed E-state index contributed by atoms with van der Waals surface area (Å²) in [6, 6.07) is 0. The lowest BCUT2D eigenvalue weighted by Crippen LogP contribution is -2.02. The van der Waals surface area contributed by atoms with Crippen LogP contribution in [0.5, 0.6) is 0 Å². The fraction of sp³-hybridized carbons (Fsp3) is 0.250. The highest BCUT2D eigenvalue weighted by molar-refractivity contribution is 5.69. The number of hydrogen-bond donors (Lipinski definition) is 0. The Bertz CT molecular complexity index is 275. The number of nitrogens with zero attached hydrogens (tertiary/aromatic N) is 2. The number of carbonyl (C=O) groups is 1. The standard InChI is InChI=1S/C8H10N2O/c1-7(2)5-10-4-3-9-8(10)6-11/h3-4,6H,1,5H2,2H3. The Kier molecular flexibility index (Phi) is 2.21. The van der Waals surface area contributed by atoms with E-state index in [-0.39, 0.29) is 0 Å². The van der Waals surface area contributed by atoms with Crippen LogP contribution in [0.2, 0.25) is 0 Å². The smallest absolute Gasteiger partial charge is 0.185 e. The molecule has 1 aromatic rings. The summed E-state index contributed by atoms with van der Waals surface area (Å²) in [7, 11) is 0. The van der Waals surface area contributed by atoms with Crippen molar-refractivity contribution < 1.29 is 4.79 Å². The third-order valence-corrected chi connectivity index (χ3v) is 1.29. The first-order valence-corrected chi connectivity index (χ1v) is 3.34. The van der Waals surface area contributed by atoms with Crippen LogP contribution < -0.4 is 0 Å². The second-order valence-electron chi connectivity index (χ2n) is 2.49.